The number of rotatable bonds is 3. The topological polar surface area (TPSA) is 117 Å². The molecule has 0 spiro atoms. The lowest BCUT2D eigenvalue weighted by Crippen LogP contribution is -2.01. The van der Waals surface area contributed by atoms with Gasteiger partial charge in [-0.1, -0.05) is 6.07 Å². The van der Waals surface area contributed by atoms with E-state index in [9.17, 15) is 4.39 Å². The summed E-state index contributed by atoms with van der Waals surface area (Å²) in [6.07, 6.45) is 4.30. The Morgan fingerprint density at radius 2 is 1.86 bits per heavy atom. The summed E-state index contributed by atoms with van der Waals surface area (Å²) in [6.45, 7) is 0. The Morgan fingerprint density at radius 3 is 2.55 bits per heavy atom. The van der Waals surface area contributed by atoms with Crippen LogP contribution < -0.4 is 11.5 Å². The van der Waals surface area contributed by atoms with Gasteiger partial charge in [0, 0.05) is 29.7 Å². The second-order valence-corrected chi connectivity index (χ2v) is 4.66. The summed E-state index contributed by atoms with van der Waals surface area (Å²) in [7, 11) is 0. The molecule has 3 aromatic rings. The van der Waals surface area contributed by atoms with E-state index in [2.05, 4.69) is 15.2 Å². The first kappa shape index (κ1) is 13.7. The lowest BCUT2D eigenvalue weighted by Gasteiger charge is -2.10. The molecule has 0 saturated heterocycles. The first-order valence-corrected chi connectivity index (χ1v) is 6.46. The number of anilines is 2. The van der Waals surface area contributed by atoms with Gasteiger partial charge in [-0.3, -0.25) is 10.1 Å². The highest BCUT2D eigenvalue weighted by atomic mass is 19.1. The van der Waals surface area contributed by atoms with Crippen LogP contribution in [0.3, 0.4) is 0 Å². The second kappa shape index (κ2) is 5.28. The monoisotopic (exact) mass is 296 g/mol. The molecule has 0 fully saturated rings. The summed E-state index contributed by atoms with van der Waals surface area (Å²) in [6, 6.07) is 6.39. The van der Waals surface area contributed by atoms with Gasteiger partial charge in [0.05, 0.1) is 16.9 Å². The smallest absolute Gasteiger partial charge is 0.153 e. The van der Waals surface area contributed by atoms with Crippen LogP contribution in [0.4, 0.5) is 15.9 Å². The van der Waals surface area contributed by atoms with Gasteiger partial charge < -0.3 is 16.9 Å². The Morgan fingerprint density at radius 1 is 1.14 bits per heavy atom. The van der Waals surface area contributed by atoms with Crippen LogP contribution in [-0.4, -0.2) is 21.4 Å². The average molecular weight is 296 g/mol. The third-order valence-electron chi connectivity index (χ3n) is 3.41. The molecule has 0 radical (unpaired) electrons. The molecular weight excluding hydrogens is 283 g/mol. The van der Waals surface area contributed by atoms with E-state index in [1.54, 1.807) is 24.5 Å². The number of nitrogens with two attached hydrogens (primary N) is 2. The molecule has 0 unspecified atom stereocenters. The zero-order valence-electron chi connectivity index (χ0n) is 11.5. The highest BCUT2D eigenvalue weighted by Gasteiger charge is 2.19. The standard InChI is InChI=1S/C15H13FN6/c16-11-2-1-9(10(7-17)13(11)18)12-14(21-22-15(12)19)8-3-5-20-6-4-8/h1-7,17H,18H2,(H3,19,21,22). The number of hydrogen-bond donors (Lipinski definition) is 4. The molecule has 1 aromatic carbocycles. The molecule has 6 N–H and O–H groups in total. The first-order valence-electron chi connectivity index (χ1n) is 6.46. The van der Waals surface area contributed by atoms with Crippen molar-refractivity contribution >= 4 is 17.7 Å². The predicted octanol–water partition coefficient (Wildman–Crippen LogP) is 2.44. The molecule has 2 aromatic heterocycles. The maximum absolute atomic E-state index is 13.6. The molecule has 0 aliphatic carbocycles. The lowest BCUT2D eigenvalue weighted by atomic mass is 9.96. The highest BCUT2D eigenvalue weighted by molar-refractivity contribution is 6.00. The zero-order chi connectivity index (χ0) is 15.7. The van der Waals surface area contributed by atoms with Crippen LogP contribution in [-0.2, 0) is 0 Å². The lowest BCUT2D eigenvalue weighted by molar-refractivity contribution is 0.632. The second-order valence-electron chi connectivity index (χ2n) is 4.66. The normalized spacial score (nSPS) is 10.6. The van der Waals surface area contributed by atoms with Crippen LogP contribution in [0.2, 0.25) is 0 Å². The Kier molecular flexibility index (Phi) is 3.30. The van der Waals surface area contributed by atoms with Crippen molar-refractivity contribution in [1.29, 1.82) is 5.41 Å². The van der Waals surface area contributed by atoms with E-state index in [4.69, 9.17) is 16.9 Å². The van der Waals surface area contributed by atoms with Gasteiger partial charge >= 0.3 is 0 Å². The summed E-state index contributed by atoms with van der Waals surface area (Å²) in [5.74, 6) is -0.323. The van der Waals surface area contributed by atoms with Crippen molar-refractivity contribution in [2.24, 2.45) is 0 Å². The minimum absolute atomic E-state index is 0.0891. The molecule has 110 valence electrons. The number of pyridine rings is 1. The molecule has 6 nitrogen and oxygen atoms in total. The van der Waals surface area contributed by atoms with E-state index in [1.165, 1.54) is 12.1 Å². The number of hydrogen-bond acceptors (Lipinski definition) is 5. The Bertz CT molecular complexity index is 841. The number of nitrogens with zero attached hydrogens (tertiary/aromatic N) is 2. The fourth-order valence-electron chi connectivity index (χ4n) is 2.34. The third-order valence-corrected chi connectivity index (χ3v) is 3.41. The summed E-state index contributed by atoms with van der Waals surface area (Å²) in [5, 5.41) is 14.4. The maximum Gasteiger partial charge on any atom is 0.153 e. The molecule has 3 rings (SSSR count). The van der Waals surface area contributed by atoms with Crippen molar-refractivity contribution in [3.05, 3.63) is 48.0 Å². The molecule has 0 amide bonds. The molecule has 0 atom stereocenters. The van der Waals surface area contributed by atoms with Gasteiger partial charge in [0.1, 0.15) is 5.82 Å². The van der Waals surface area contributed by atoms with E-state index in [1.807, 2.05) is 0 Å². The number of nitrogens with one attached hydrogen (secondary N) is 2. The van der Waals surface area contributed by atoms with Crippen LogP contribution in [0.5, 0.6) is 0 Å². The van der Waals surface area contributed by atoms with Gasteiger partial charge in [0.15, 0.2) is 5.82 Å². The first-order chi connectivity index (χ1) is 10.6. The SMILES string of the molecule is N=Cc1c(-c2c(N)n[nH]c2-c2ccncc2)ccc(F)c1N. The van der Waals surface area contributed by atoms with E-state index in [0.29, 0.717) is 16.8 Å². The predicted molar refractivity (Wildman–Crippen MR) is 83.9 cm³/mol. The van der Waals surface area contributed by atoms with E-state index in [0.717, 1.165) is 11.8 Å². The molecule has 22 heavy (non-hydrogen) atoms. The number of nitrogen functional groups attached to an aromatic ring is 2. The van der Waals surface area contributed by atoms with Gasteiger partial charge in [-0.25, -0.2) is 4.39 Å². The number of aromatic amines is 1. The maximum atomic E-state index is 13.6. The van der Waals surface area contributed by atoms with Crippen LogP contribution in [0, 0.1) is 11.2 Å². The van der Waals surface area contributed by atoms with Crippen molar-refractivity contribution in [3.63, 3.8) is 0 Å². The number of aromatic nitrogens is 3. The summed E-state index contributed by atoms with van der Waals surface area (Å²) in [4.78, 5) is 3.97. The fourth-order valence-corrected chi connectivity index (χ4v) is 2.34. The molecular formula is C15H13FN6. The van der Waals surface area contributed by atoms with Gasteiger partial charge in [-0.05, 0) is 23.8 Å². The zero-order valence-corrected chi connectivity index (χ0v) is 11.5. The van der Waals surface area contributed by atoms with Crippen LogP contribution in [0.15, 0.2) is 36.7 Å². The van der Waals surface area contributed by atoms with Crippen molar-refractivity contribution in [3.8, 4) is 22.4 Å². The van der Waals surface area contributed by atoms with Gasteiger partial charge in [-0.2, -0.15) is 5.10 Å². The average Bonchev–Trinajstić information content (AvgIpc) is 2.92. The molecule has 7 heteroatoms. The van der Waals surface area contributed by atoms with Gasteiger partial charge in [0.2, 0.25) is 0 Å². The quantitative estimate of drug-likeness (QED) is 0.438. The minimum Gasteiger partial charge on any atom is -0.396 e. The summed E-state index contributed by atoms with van der Waals surface area (Å²) in [5.41, 5.74) is 14.5. The largest absolute Gasteiger partial charge is 0.396 e. The fraction of sp³-hybridized carbons (Fsp3) is 0. The van der Waals surface area contributed by atoms with E-state index < -0.39 is 5.82 Å². The number of H-pyrrole nitrogens is 1. The Balaban J connectivity index is 2.29. The molecule has 0 aliphatic heterocycles. The number of benzene rings is 1. The van der Waals surface area contributed by atoms with Gasteiger partial charge in [0.25, 0.3) is 0 Å². The molecule has 0 bridgehead atoms. The Hall–Kier alpha value is -3.22. The Labute approximate surface area is 125 Å². The van der Waals surface area contributed by atoms with Crippen molar-refractivity contribution in [1.82, 2.24) is 15.2 Å². The highest BCUT2D eigenvalue weighted by Crippen LogP contribution is 2.37. The van der Waals surface area contributed by atoms with Crippen molar-refractivity contribution in [2.75, 3.05) is 11.5 Å². The molecule has 2 heterocycles. The summed E-state index contributed by atoms with van der Waals surface area (Å²) >= 11 is 0. The molecule has 0 saturated carbocycles. The number of halogens is 1. The van der Waals surface area contributed by atoms with Crippen LogP contribution >= 0.6 is 0 Å². The third kappa shape index (κ3) is 2.08. The van der Waals surface area contributed by atoms with Gasteiger partial charge in [-0.15, -0.1) is 0 Å². The minimum atomic E-state index is -0.574. The molecule has 0 aliphatic rings. The van der Waals surface area contributed by atoms with E-state index >= 15 is 0 Å². The van der Waals surface area contributed by atoms with Crippen molar-refractivity contribution in [2.45, 2.75) is 0 Å². The van der Waals surface area contributed by atoms with Crippen LogP contribution in [0.1, 0.15) is 5.56 Å². The summed E-state index contributed by atoms with van der Waals surface area (Å²) < 4.78 is 13.6. The van der Waals surface area contributed by atoms with Crippen molar-refractivity contribution < 1.29 is 4.39 Å². The van der Waals surface area contributed by atoms with E-state index in [-0.39, 0.29) is 17.1 Å². The van der Waals surface area contributed by atoms with Crippen LogP contribution in [0.25, 0.3) is 22.4 Å².